The molecule has 2 heterocycles. The van der Waals surface area contributed by atoms with Gasteiger partial charge in [-0.2, -0.15) is 0 Å². The van der Waals surface area contributed by atoms with E-state index in [1.165, 1.54) is 10.3 Å². The summed E-state index contributed by atoms with van der Waals surface area (Å²) in [6, 6.07) is 2.22. The van der Waals surface area contributed by atoms with Gasteiger partial charge in [0.15, 0.2) is 0 Å². The third-order valence-corrected chi connectivity index (χ3v) is 5.26. The number of anilines is 1. The van der Waals surface area contributed by atoms with Gasteiger partial charge in [0.1, 0.15) is 16.5 Å². The van der Waals surface area contributed by atoms with Gasteiger partial charge < -0.3 is 5.32 Å². The van der Waals surface area contributed by atoms with E-state index in [0.717, 1.165) is 35.2 Å². The maximum atomic E-state index is 4.74. The molecule has 0 aromatic carbocycles. The van der Waals surface area contributed by atoms with Gasteiger partial charge in [0.05, 0.1) is 11.1 Å². The predicted molar refractivity (Wildman–Crippen MR) is 92.0 cm³/mol. The first-order valence-electron chi connectivity index (χ1n) is 7.10. The Morgan fingerprint density at radius 2 is 2.00 bits per heavy atom. The molecule has 0 aliphatic heterocycles. The van der Waals surface area contributed by atoms with Crippen LogP contribution in [0.4, 0.5) is 5.82 Å². The highest BCUT2D eigenvalue weighted by Crippen LogP contribution is 2.31. The van der Waals surface area contributed by atoms with Gasteiger partial charge >= 0.3 is 0 Å². The first kappa shape index (κ1) is 15.6. The molecule has 2 aromatic rings. The number of nitrogens with one attached hydrogen (secondary N) is 1. The van der Waals surface area contributed by atoms with E-state index in [9.17, 15) is 0 Å². The number of fused-ring (bicyclic) bond motifs is 1. The molecule has 0 atom stereocenters. The topological polar surface area (TPSA) is 37.8 Å². The molecule has 0 aliphatic rings. The smallest absolute Gasteiger partial charge is 0.142 e. The Hall–Kier alpha value is -0.810. The average molecular weight is 310 g/mol. The number of thioether (sulfide) groups is 1. The summed E-state index contributed by atoms with van der Waals surface area (Å²) in [6.45, 7) is 11.8. The lowest BCUT2D eigenvalue weighted by molar-refractivity contribution is 0.800. The van der Waals surface area contributed by atoms with Gasteiger partial charge in [0.2, 0.25) is 0 Å². The van der Waals surface area contributed by atoms with Gasteiger partial charge in [-0.3, -0.25) is 0 Å². The molecule has 0 spiro atoms. The summed E-state index contributed by atoms with van der Waals surface area (Å²) < 4.78 is 0.237. The molecule has 3 nitrogen and oxygen atoms in total. The summed E-state index contributed by atoms with van der Waals surface area (Å²) in [6.07, 6.45) is 1.05. The van der Waals surface area contributed by atoms with Crippen LogP contribution in [0.2, 0.25) is 0 Å². The van der Waals surface area contributed by atoms with E-state index < -0.39 is 0 Å². The molecule has 0 bridgehead atoms. The number of thiophene rings is 1. The molecule has 1 N–H and O–H groups in total. The van der Waals surface area contributed by atoms with E-state index in [-0.39, 0.29) is 4.75 Å². The Bertz CT molecular complexity index is 585. The number of aryl methyl sites for hydroxylation is 1. The summed E-state index contributed by atoms with van der Waals surface area (Å²) in [4.78, 5) is 11.9. The van der Waals surface area contributed by atoms with Crippen molar-refractivity contribution in [1.29, 1.82) is 0 Å². The van der Waals surface area contributed by atoms with Gasteiger partial charge in [0.25, 0.3) is 0 Å². The van der Waals surface area contributed by atoms with Crippen molar-refractivity contribution in [2.75, 3.05) is 11.9 Å². The molecular weight excluding hydrogens is 286 g/mol. The normalized spacial score (nSPS) is 12.1. The van der Waals surface area contributed by atoms with E-state index in [0.29, 0.717) is 0 Å². The van der Waals surface area contributed by atoms with Crippen molar-refractivity contribution < 1.29 is 0 Å². The Morgan fingerprint density at radius 1 is 1.25 bits per heavy atom. The van der Waals surface area contributed by atoms with Crippen LogP contribution in [0.3, 0.4) is 0 Å². The minimum Gasteiger partial charge on any atom is -0.370 e. The highest BCUT2D eigenvalue weighted by Gasteiger charge is 2.15. The zero-order chi connectivity index (χ0) is 14.8. The minimum absolute atomic E-state index is 0.237. The summed E-state index contributed by atoms with van der Waals surface area (Å²) >= 11 is 3.67. The minimum atomic E-state index is 0.237. The van der Waals surface area contributed by atoms with E-state index in [4.69, 9.17) is 9.97 Å². The van der Waals surface area contributed by atoms with E-state index in [1.54, 1.807) is 11.3 Å². The molecule has 5 heteroatoms. The molecule has 0 saturated carbocycles. The molecule has 2 aromatic heterocycles. The number of rotatable bonds is 5. The van der Waals surface area contributed by atoms with Gasteiger partial charge in [-0.05, 0) is 19.4 Å². The standard InChI is InChI=1S/C15H23N3S2/c1-6-10-8-11-13(16-7-2)17-12(18-14(11)20-10)9-19-15(3,4)5/h8H,6-7,9H2,1-5H3,(H,16,17,18). The van der Waals surface area contributed by atoms with Crippen LogP contribution in [0.25, 0.3) is 10.2 Å². The highest BCUT2D eigenvalue weighted by molar-refractivity contribution is 7.99. The van der Waals surface area contributed by atoms with Gasteiger partial charge in [-0.25, -0.2) is 9.97 Å². The van der Waals surface area contributed by atoms with E-state index in [1.807, 2.05) is 11.8 Å². The zero-order valence-corrected chi connectivity index (χ0v) is 14.5. The monoisotopic (exact) mass is 309 g/mol. The second kappa shape index (κ2) is 6.31. The van der Waals surface area contributed by atoms with Crippen LogP contribution >= 0.6 is 23.1 Å². The molecule has 0 fully saturated rings. The van der Waals surface area contributed by atoms with Crippen molar-refractivity contribution in [3.8, 4) is 0 Å². The van der Waals surface area contributed by atoms with Crippen molar-refractivity contribution in [2.24, 2.45) is 0 Å². The molecule has 0 saturated heterocycles. The van der Waals surface area contributed by atoms with Crippen LogP contribution < -0.4 is 5.32 Å². The predicted octanol–water partition coefficient (Wildman–Crippen LogP) is 4.72. The van der Waals surface area contributed by atoms with Gasteiger partial charge in [0, 0.05) is 16.2 Å². The first-order chi connectivity index (χ1) is 9.43. The second-order valence-electron chi connectivity index (χ2n) is 5.70. The number of hydrogen-bond donors (Lipinski definition) is 1. The largest absolute Gasteiger partial charge is 0.370 e. The zero-order valence-electron chi connectivity index (χ0n) is 12.9. The molecule has 0 amide bonds. The Kier molecular flexibility index (Phi) is 4.91. The lowest BCUT2D eigenvalue weighted by Gasteiger charge is -2.17. The first-order valence-corrected chi connectivity index (χ1v) is 8.90. The third-order valence-electron chi connectivity index (χ3n) is 2.82. The number of aromatic nitrogens is 2. The van der Waals surface area contributed by atoms with E-state index in [2.05, 4.69) is 46.0 Å². The quantitative estimate of drug-likeness (QED) is 0.867. The number of hydrogen-bond acceptors (Lipinski definition) is 5. The van der Waals surface area contributed by atoms with Crippen molar-refractivity contribution in [3.05, 3.63) is 16.8 Å². The second-order valence-corrected chi connectivity index (χ2v) is 8.62. The van der Waals surface area contributed by atoms with Crippen molar-refractivity contribution >= 4 is 39.1 Å². The fourth-order valence-electron chi connectivity index (χ4n) is 1.84. The highest BCUT2D eigenvalue weighted by atomic mass is 32.2. The average Bonchev–Trinajstić information content (AvgIpc) is 2.79. The number of nitrogens with zero attached hydrogens (tertiary/aromatic N) is 2. The third kappa shape index (κ3) is 3.85. The molecule has 2 rings (SSSR count). The summed E-state index contributed by atoms with van der Waals surface area (Å²) in [7, 11) is 0. The lowest BCUT2D eigenvalue weighted by Crippen LogP contribution is -2.09. The molecule has 20 heavy (non-hydrogen) atoms. The fourth-order valence-corrected chi connectivity index (χ4v) is 3.51. The van der Waals surface area contributed by atoms with E-state index >= 15 is 0 Å². The SMILES string of the molecule is CCNc1nc(CSC(C)(C)C)nc2sc(CC)cc12. The molecule has 0 aliphatic carbocycles. The summed E-state index contributed by atoms with van der Waals surface area (Å²) in [5, 5.41) is 4.54. The maximum absolute atomic E-state index is 4.74. The van der Waals surface area contributed by atoms with Gasteiger partial charge in [-0.15, -0.1) is 23.1 Å². The van der Waals surface area contributed by atoms with Crippen LogP contribution in [-0.4, -0.2) is 21.3 Å². The molecular formula is C15H23N3S2. The van der Waals surface area contributed by atoms with Crippen LogP contribution in [0.1, 0.15) is 45.3 Å². The Labute approximate surface area is 129 Å². The van der Waals surface area contributed by atoms with Crippen molar-refractivity contribution in [2.45, 2.75) is 51.5 Å². The lowest BCUT2D eigenvalue weighted by atomic mass is 10.3. The van der Waals surface area contributed by atoms with Crippen LogP contribution in [0.15, 0.2) is 6.07 Å². The van der Waals surface area contributed by atoms with Crippen molar-refractivity contribution in [3.63, 3.8) is 0 Å². The van der Waals surface area contributed by atoms with Crippen LogP contribution in [0.5, 0.6) is 0 Å². The Balaban J connectivity index is 2.36. The van der Waals surface area contributed by atoms with Crippen molar-refractivity contribution in [1.82, 2.24) is 9.97 Å². The Morgan fingerprint density at radius 3 is 2.60 bits per heavy atom. The molecule has 110 valence electrons. The molecule has 0 radical (unpaired) electrons. The van der Waals surface area contributed by atoms with Crippen LogP contribution in [0, 0.1) is 0 Å². The van der Waals surface area contributed by atoms with Gasteiger partial charge in [-0.1, -0.05) is 27.7 Å². The summed E-state index contributed by atoms with van der Waals surface area (Å²) in [5.74, 6) is 2.77. The molecule has 0 unspecified atom stereocenters. The van der Waals surface area contributed by atoms with Crippen LogP contribution in [-0.2, 0) is 12.2 Å². The maximum Gasteiger partial charge on any atom is 0.142 e. The summed E-state index contributed by atoms with van der Waals surface area (Å²) in [5.41, 5.74) is 0. The fraction of sp³-hybridized carbons (Fsp3) is 0.600.